The standard InChI is InChI=1S/C35H43ClFNO5/c1-23-7-5-15-34(2)29(14-16-35(34)22-38(33(41)43-35)17-6-18-42-3)26-13-11-24(19-25(39)12-10-23)20-27(26)32(40)21-28-30(36)8-4-9-31(28)37/h4,7-9,11,13,20,25,29,39H,5-6,10,12,14-19,21-22H2,1-3H3. The van der Waals surface area contributed by atoms with Crippen LogP contribution in [0.4, 0.5) is 9.18 Å². The van der Waals surface area contributed by atoms with Crippen LogP contribution in [-0.4, -0.2) is 60.4 Å². The molecule has 2 aromatic carbocycles. The molecule has 1 amide bonds. The number of amides is 1. The largest absolute Gasteiger partial charge is 0.440 e. The van der Waals surface area contributed by atoms with Crippen molar-refractivity contribution >= 4 is 23.5 Å². The first-order valence-electron chi connectivity index (χ1n) is 15.5. The van der Waals surface area contributed by atoms with Crippen LogP contribution in [0.5, 0.6) is 0 Å². The van der Waals surface area contributed by atoms with Gasteiger partial charge in [0.05, 0.1) is 12.6 Å². The molecular weight excluding hydrogens is 569 g/mol. The molecule has 3 aliphatic carbocycles. The minimum absolute atomic E-state index is 0.0649. The molecule has 0 aromatic heterocycles. The summed E-state index contributed by atoms with van der Waals surface area (Å²) in [7, 11) is 1.65. The molecule has 1 heterocycles. The molecule has 1 N–H and O–H groups in total. The predicted octanol–water partition coefficient (Wildman–Crippen LogP) is 7.44. The van der Waals surface area contributed by atoms with E-state index in [1.165, 1.54) is 17.7 Å². The molecule has 0 radical (unpaired) electrons. The number of nitrogens with zero attached hydrogens (tertiary/aromatic N) is 1. The number of aliphatic hydroxyl groups excluding tert-OH is 1. The first-order chi connectivity index (χ1) is 20.6. The highest BCUT2D eigenvalue weighted by Crippen LogP contribution is 2.61. The molecule has 2 fully saturated rings. The van der Waals surface area contributed by atoms with E-state index in [0.29, 0.717) is 44.5 Å². The lowest BCUT2D eigenvalue weighted by Gasteiger charge is -2.43. The molecule has 2 bridgehead atoms. The highest BCUT2D eigenvalue weighted by atomic mass is 35.5. The Balaban J connectivity index is 1.57. The van der Waals surface area contributed by atoms with E-state index in [1.54, 1.807) is 18.1 Å². The molecule has 1 saturated carbocycles. The van der Waals surface area contributed by atoms with Crippen LogP contribution < -0.4 is 0 Å². The van der Waals surface area contributed by atoms with E-state index < -0.39 is 22.9 Å². The fourth-order valence-corrected chi connectivity index (χ4v) is 7.79. The van der Waals surface area contributed by atoms with Crippen LogP contribution in [0.25, 0.3) is 0 Å². The van der Waals surface area contributed by atoms with E-state index in [2.05, 4.69) is 19.9 Å². The second-order valence-corrected chi connectivity index (χ2v) is 13.3. The van der Waals surface area contributed by atoms with Gasteiger partial charge in [-0.1, -0.05) is 48.4 Å². The zero-order valence-electron chi connectivity index (χ0n) is 25.5. The number of methoxy groups -OCH3 is 1. The summed E-state index contributed by atoms with van der Waals surface area (Å²) in [6, 6.07) is 10.3. The number of carbonyl (C=O) groups excluding carboxylic acids is 2. The first kappa shape index (κ1) is 31.7. The predicted molar refractivity (Wildman–Crippen MR) is 165 cm³/mol. The van der Waals surface area contributed by atoms with Crippen LogP contribution in [0.3, 0.4) is 0 Å². The average molecular weight is 612 g/mol. The van der Waals surface area contributed by atoms with Gasteiger partial charge in [-0.3, -0.25) is 4.79 Å². The maximum atomic E-state index is 14.8. The number of fused-ring (bicyclic) bond motifs is 8. The number of ketones is 1. The Morgan fingerprint density at radius 3 is 2.81 bits per heavy atom. The Morgan fingerprint density at radius 1 is 1.23 bits per heavy atom. The molecule has 8 heteroatoms. The van der Waals surface area contributed by atoms with E-state index in [-0.39, 0.29) is 34.8 Å². The number of rotatable bonds is 7. The Kier molecular flexibility index (Phi) is 9.64. The Hall–Kier alpha value is -2.74. The van der Waals surface area contributed by atoms with E-state index in [9.17, 15) is 19.1 Å². The number of aliphatic hydroxyl groups is 1. The monoisotopic (exact) mass is 611 g/mol. The van der Waals surface area contributed by atoms with Gasteiger partial charge in [0.1, 0.15) is 11.4 Å². The van der Waals surface area contributed by atoms with Crippen molar-refractivity contribution in [3.8, 4) is 0 Å². The topological polar surface area (TPSA) is 76.1 Å². The van der Waals surface area contributed by atoms with Crippen LogP contribution in [0.1, 0.15) is 91.8 Å². The van der Waals surface area contributed by atoms with Crippen molar-refractivity contribution < 1.29 is 28.6 Å². The van der Waals surface area contributed by atoms with Gasteiger partial charge in [-0.15, -0.1) is 0 Å². The smallest absolute Gasteiger partial charge is 0.410 e. The zero-order valence-corrected chi connectivity index (χ0v) is 26.2. The zero-order chi connectivity index (χ0) is 30.8. The molecule has 4 unspecified atom stereocenters. The van der Waals surface area contributed by atoms with Crippen LogP contribution in [0, 0.1) is 11.2 Å². The molecule has 6 rings (SSSR count). The van der Waals surface area contributed by atoms with E-state index in [1.807, 2.05) is 18.2 Å². The number of ether oxygens (including phenoxy) is 2. The minimum atomic E-state index is -0.690. The summed E-state index contributed by atoms with van der Waals surface area (Å²) in [5, 5.41) is 11.0. The molecule has 6 nitrogen and oxygen atoms in total. The molecule has 1 saturated heterocycles. The van der Waals surface area contributed by atoms with Gasteiger partial charge in [0.2, 0.25) is 0 Å². The summed E-state index contributed by atoms with van der Waals surface area (Å²) in [6.45, 7) is 5.96. The second-order valence-electron chi connectivity index (χ2n) is 12.8. The van der Waals surface area contributed by atoms with Gasteiger partial charge in [-0.05, 0) is 93.5 Å². The van der Waals surface area contributed by atoms with Gasteiger partial charge in [0, 0.05) is 48.2 Å². The van der Waals surface area contributed by atoms with Gasteiger partial charge in [-0.2, -0.15) is 0 Å². The highest BCUT2D eigenvalue weighted by molar-refractivity contribution is 6.31. The van der Waals surface area contributed by atoms with Crippen LogP contribution >= 0.6 is 11.6 Å². The number of Topliss-reactive ketones (excluding diaryl/α,β-unsaturated/α-hetero) is 1. The normalized spacial score (nSPS) is 27.6. The van der Waals surface area contributed by atoms with Gasteiger partial charge >= 0.3 is 6.09 Å². The van der Waals surface area contributed by atoms with Gasteiger partial charge < -0.3 is 19.5 Å². The lowest BCUT2D eigenvalue weighted by molar-refractivity contribution is -0.0373. The van der Waals surface area contributed by atoms with Crippen molar-refractivity contribution in [3.05, 3.63) is 81.1 Å². The summed E-state index contributed by atoms with van der Waals surface area (Å²) in [4.78, 5) is 29.0. The van der Waals surface area contributed by atoms with Crippen molar-refractivity contribution in [1.82, 2.24) is 4.90 Å². The lowest BCUT2D eigenvalue weighted by atomic mass is 9.64. The van der Waals surface area contributed by atoms with E-state index >= 15 is 0 Å². The van der Waals surface area contributed by atoms with Gasteiger partial charge in [0.25, 0.3) is 0 Å². The number of hydrogen-bond donors (Lipinski definition) is 1. The van der Waals surface area contributed by atoms with Crippen molar-refractivity contribution in [3.63, 3.8) is 0 Å². The van der Waals surface area contributed by atoms with Crippen LogP contribution in [0.2, 0.25) is 5.02 Å². The fraction of sp³-hybridized carbons (Fsp3) is 0.543. The van der Waals surface area contributed by atoms with E-state index in [4.69, 9.17) is 21.1 Å². The van der Waals surface area contributed by atoms with Gasteiger partial charge in [-0.25, -0.2) is 9.18 Å². The second kappa shape index (κ2) is 13.1. The summed E-state index contributed by atoms with van der Waals surface area (Å²) < 4.78 is 26.3. The molecule has 232 valence electrons. The SMILES string of the molecule is COCCCN1CC2(CCC3c4ccc(cc4C(=O)Cc4c(F)cccc4Cl)CC(O)CCC(C)=CCCC32C)OC1=O. The minimum Gasteiger partial charge on any atom is -0.440 e. The third-order valence-electron chi connectivity index (χ3n) is 10.1. The summed E-state index contributed by atoms with van der Waals surface area (Å²) in [5.74, 6) is -0.784. The molecule has 1 spiro atoms. The number of carbonyl (C=O) groups is 2. The van der Waals surface area contributed by atoms with Crippen molar-refractivity contribution in [2.75, 3.05) is 26.8 Å². The molecule has 43 heavy (non-hydrogen) atoms. The Labute approximate surface area is 259 Å². The summed E-state index contributed by atoms with van der Waals surface area (Å²) in [6.07, 6.45) is 6.81. The van der Waals surface area contributed by atoms with Gasteiger partial charge in [0.15, 0.2) is 5.78 Å². The molecule has 2 aromatic rings. The summed E-state index contributed by atoms with van der Waals surface area (Å²) >= 11 is 6.33. The fourth-order valence-electron chi connectivity index (χ4n) is 7.56. The first-order valence-corrected chi connectivity index (χ1v) is 15.8. The van der Waals surface area contributed by atoms with Crippen LogP contribution in [0.15, 0.2) is 48.0 Å². The van der Waals surface area contributed by atoms with Crippen molar-refractivity contribution in [2.45, 2.75) is 89.3 Å². The number of benzene rings is 2. The Morgan fingerprint density at radius 2 is 2.05 bits per heavy atom. The molecule has 4 aliphatic rings. The average Bonchev–Trinajstić information content (AvgIpc) is 3.44. The third kappa shape index (κ3) is 6.40. The van der Waals surface area contributed by atoms with Crippen molar-refractivity contribution in [1.29, 1.82) is 0 Å². The van der Waals surface area contributed by atoms with Crippen LogP contribution in [-0.2, 0) is 22.3 Å². The van der Waals surface area contributed by atoms with E-state index in [0.717, 1.165) is 43.2 Å². The number of hydrogen-bond acceptors (Lipinski definition) is 5. The molecule has 1 aliphatic heterocycles. The number of allylic oxidation sites excluding steroid dienone is 2. The number of halogens is 2. The molecule has 4 atom stereocenters. The molecular formula is C35H43ClFNO5. The summed E-state index contributed by atoms with van der Waals surface area (Å²) in [5.41, 5.74) is 2.56. The third-order valence-corrected chi connectivity index (χ3v) is 10.5. The maximum Gasteiger partial charge on any atom is 0.410 e. The van der Waals surface area contributed by atoms with Crippen molar-refractivity contribution in [2.24, 2.45) is 5.41 Å². The lowest BCUT2D eigenvalue weighted by Crippen LogP contribution is -2.48. The maximum absolute atomic E-state index is 14.8. The Bertz CT molecular complexity index is 1370. The quantitative estimate of drug-likeness (QED) is 0.200. The highest BCUT2D eigenvalue weighted by Gasteiger charge is 2.63.